The quantitative estimate of drug-likeness (QED) is 0.930. The van der Waals surface area contributed by atoms with Crippen LogP contribution in [0.3, 0.4) is 0 Å². The molecular weight excluding hydrogens is 312 g/mol. The van der Waals surface area contributed by atoms with Gasteiger partial charge in [-0.2, -0.15) is 0 Å². The van der Waals surface area contributed by atoms with Crippen molar-refractivity contribution in [3.8, 4) is 0 Å². The SMILES string of the molecule is OC(Cc1sccc1Br)c1ccc2c(c1)COC2. The molecule has 0 fully saturated rings. The van der Waals surface area contributed by atoms with E-state index in [-0.39, 0.29) is 0 Å². The van der Waals surface area contributed by atoms with Gasteiger partial charge in [0, 0.05) is 15.8 Å². The summed E-state index contributed by atoms with van der Waals surface area (Å²) in [6.45, 7) is 1.36. The topological polar surface area (TPSA) is 29.5 Å². The molecule has 1 atom stereocenters. The summed E-state index contributed by atoms with van der Waals surface area (Å²) in [7, 11) is 0. The van der Waals surface area contributed by atoms with Crippen LogP contribution in [-0.2, 0) is 24.4 Å². The van der Waals surface area contributed by atoms with E-state index in [4.69, 9.17) is 4.74 Å². The Bertz CT molecular complexity index is 565. The molecule has 0 aliphatic carbocycles. The van der Waals surface area contributed by atoms with Crippen molar-refractivity contribution in [2.45, 2.75) is 25.7 Å². The molecule has 4 heteroatoms. The highest BCUT2D eigenvalue weighted by Gasteiger charge is 2.16. The van der Waals surface area contributed by atoms with E-state index in [1.807, 2.05) is 17.5 Å². The van der Waals surface area contributed by atoms with Crippen molar-refractivity contribution in [3.63, 3.8) is 0 Å². The summed E-state index contributed by atoms with van der Waals surface area (Å²) in [5.41, 5.74) is 3.42. The molecule has 0 radical (unpaired) electrons. The average Bonchev–Trinajstić information content (AvgIpc) is 2.98. The Kier molecular flexibility index (Phi) is 3.52. The summed E-state index contributed by atoms with van der Waals surface area (Å²) in [5, 5.41) is 12.3. The first-order chi connectivity index (χ1) is 8.74. The fraction of sp³-hybridized carbons (Fsp3) is 0.286. The van der Waals surface area contributed by atoms with Crippen LogP contribution >= 0.6 is 27.3 Å². The molecule has 3 rings (SSSR count). The molecule has 1 aliphatic rings. The highest BCUT2D eigenvalue weighted by atomic mass is 79.9. The maximum Gasteiger partial charge on any atom is 0.0838 e. The molecule has 1 aromatic heterocycles. The van der Waals surface area contributed by atoms with Crippen molar-refractivity contribution in [2.75, 3.05) is 0 Å². The molecular formula is C14H13BrO2S. The van der Waals surface area contributed by atoms with Gasteiger partial charge in [-0.05, 0) is 44.1 Å². The number of hydrogen-bond donors (Lipinski definition) is 1. The number of ether oxygens (including phenoxy) is 1. The van der Waals surface area contributed by atoms with Crippen molar-refractivity contribution < 1.29 is 9.84 Å². The molecule has 0 amide bonds. The van der Waals surface area contributed by atoms with Gasteiger partial charge in [-0.25, -0.2) is 0 Å². The molecule has 0 bridgehead atoms. The third-order valence-electron chi connectivity index (χ3n) is 3.20. The van der Waals surface area contributed by atoms with Crippen molar-refractivity contribution >= 4 is 27.3 Å². The van der Waals surface area contributed by atoms with Gasteiger partial charge in [0.2, 0.25) is 0 Å². The standard InChI is InChI=1S/C14H13BrO2S/c15-12-3-4-18-14(12)6-13(16)9-1-2-10-7-17-8-11(10)5-9/h1-5,13,16H,6-8H2. The minimum atomic E-state index is -0.453. The number of benzene rings is 1. The summed E-state index contributed by atoms with van der Waals surface area (Å²) in [6, 6.07) is 8.14. The fourth-order valence-electron chi connectivity index (χ4n) is 2.16. The molecule has 2 heterocycles. The van der Waals surface area contributed by atoms with Gasteiger partial charge in [-0.15, -0.1) is 11.3 Å². The van der Waals surface area contributed by atoms with Crippen molar-refractivity contribution in [1.29, 1.82) is 0 Å². The maximum atomic E-state index is 10.3. The van der Waals surface area contributed by atoms with Gasteiger partial charge in [0.15, 0.2) is 0 Å². The second kappa shape index (κ2) is 5.13. The van der Waals surface area contributed by atoms with Crippen LogP contribution in [-0.4, -0.2) is 5.11 Å². The fourth-order valence-corrected chi connectivity index (χ4v) is 3.72. The van der Waals surface area contributed by atoms with Gasteiger partial charge in [-0.1, -0.05) is 18.2 Å². The molecule has 94 valence electrons. The zero-order chi connectivity index (χ0) is 12.5. The minimum Gasteiger partial charge on any atom is -0.388 e. The Morgan fingerprint density at radius 2 is 2.11 bits per heavy atom. The largest absolute Gasteiger partial charge is 0.388 e. The number of hydrogen-bond acceptors (Lipinski definition) is 3. The number of fused-ring (bicyclic) bond motifs is 1. The van der Waals surface area contributed by atoms with Gasteiger partial charge >= 0.3 is 0 Å². The minimum absolute atomic E-state index is 0.453. The highest BCUT2D eigenvalue weighted by molar-refractivity contribution is 9.10. The second-order valence-corrected chi connectivity index (χ2v) is 6.29. The van der Waals surface area contributed by atoms with Gasteiger partial charge in [0.1, 0.15) is 0 Å². The lowest BCUT2D eigenvalue weighted by Crippen LogP contribution is -2.02. The first-order valence-corrected chi connectivity index (χ1v) is 7.50. The van der Waals surface area contributed by atoms with E-state index in [2.05, 4.69) is 28.1 Å². The zero-order valence-electron chi connectivity index (χ0n) is 9.73. The Labute approximate surface area is 118 Å². The molecule has 1 aliphatic heterocycles. The van der Waals surface area contributed by atoms with Crippen LogP contribution in [0.4, 0.5) is 0 Å². The normalized spacial score (nSPS) is 15.7. The summed E-state index contributed by atoms with van der Waals surface area (Å²) in [5.74, 6) is 0. The summed E-state index contributed by atoms with van der Waals surface area (Å²) >= 11 is 5.16. The summed E-state index contributed by atoms with van der Waals surface area (Å²) < 4.78 is 6.47. The molecule has 18 heavy (non-hydrogen) atoms. The Morgan fingerprint density at radius 3 is 2.89 bits per heavy atom. The maximum absolute atomic E-state index is 10.3. The van der Waals surface area contributed by atoms with Crippen molar-refractivity contribution in [1.82, 2.24) is 0 Å². The molecule has 0 saturated heterocycles. The van der Waals surface area contributed by atoms with Crippen molar-refractivity contribution in [2.24, 2.45) is 0 Å². The molecule has 0 spiro atoms. The number of thiophene rings is 1. The monoisotopic (exact) mass is 324 g/mol. The van der Waals surface area contributed by atoms with E-state index in [1.54, 1.807) is 11.3 Å². The van der Waals surface area contributed by atoms with Gasteiger partial charge in [-0.3, -0.25) is 0 Å². The smallest absolute Gasteiger partial charge is 0.0838 e. The Morgan fingerprint density at radius 1 is 1.28 bits per heavy atom. The number of halogens is 1. The molecule has 2 aromatic rings. The molecule has 1 N–H and O–H groups in total. The van der Waals surface area contributed by atoms with E-state index in [0.29, 0.717) is 19.6 Å². The van der Waals surface area contributed by atoms with Crippen LogP contribution in [0.15, 0.2) is 34.1 Å². The van der Waals surface area contributed by atoms with Gasteiger partial charge in [0.05, 0.1) is 19.3 Å². The van der Waals surface area contributed by atoms with Crippen molar-refractivity contribution in [3.05, 3.63) is 55.7 Å². The van der Waals surface area contributed by atoms with Crippen LogP contribution < -0.4 is 0 Å². The van der Waals surface area contributed by atoms with Gasteiger partial charge in [0.25, 0.3) is 0 Å². The molecule has 0 saturated carbocycles. The molecule has 2 nitrogen and oxygen atoms in total. The van der Waals surface area contributed by atoms with Crippen LogP contribution in [0.2, 0.25) is 0 Å². The predicted octanol–water partition coefficient (Wildman–Crippen LogP) is 3.82. The molecule has 1 aromatic carbocycles. The predicted molar refractivity (Wildman–Crippen MR) is 75.6 cm³/mol. The van der Waals surface area contributed by atoms with E-state index in [0.717, 1.165) is 10.0 Å². The van der Waals surface area contributed by atoms with Crippen LogP contribution in [0.5, 0.6) is 0 Å². The third kappa shape index (κ3) is 2.38. The molecule has 1 unspecified atom stereocenters. The Hall–Kier alpha value is -0.680. The second-order valence-electron chi connectivity index (χ2n) is 4.43. The number of aliphatic hydroxyl groups excluding tert-OH is 1. The first-order valence-electron chi connectivity index (χ1n) is 5.83. The highest BCUT2D eigenvalue weighted by Crippen LogP contribution is 2.30. The summed E-state index contributed by atoms with van der Waals surface area (Å²) in [6.07, 6.45) is 0.198. The average molecular weight is 325 g/mol. The zero-order valence-corrected chi connectivity index (χ0v) is 12.1. The first kappa shape index (κ1) is 12.4. The Balaban J connectivity index is 1.80. The third-order valence-corrected chi connectivity index (χ3v) is 5.15. The number of rotatable bonds is 3. The lowest BCUT2D eigenvalue weighted by molar-refractivity contribution is 0.134. The van der Waals surface area contributed by atoms with Crippen LogP contribution in [0.25, 0.3) is 0 Å². The van der Waals surface area contributed by atoms with Crippen LogP contribution in [0, 0.1) is 0 Å². The lowest BCUT2D eigenvalue weighted by atomic mass is 10.0. The summed E-state index contributed by atoms with van der Waals surface area (Å²) in [4.78, 5) is 1.18. The number of aliphatic hydroxyl groups is 1. The van der Waals surface area contributed by atoms with E-state index in [1.165, 1.54) is 16.0 Å². The van der Waals surface area contributed by atoms with E-state index < -0.39 is 6.10 Å². The lowest BCUT2D eigenvalue weighted by Gasteiger charge is -2.11. The van der Waals surface area contributed by atoms with E-state index >= 15 is 0 Å². The van der Waals surface area contributed by atoms with Gasteiger partial charge < -0.3 is 9.84 Å². The van der Waals surface area contributed by atoms with E-state index in [9.17, 15) is 5.11 Å². The van der Waals surface area contributed by atoms with Crippen LogP contribution in [0.1, 0.15) is 27.7 Å².